The van der Waals surface area contributed by atoms with Crippen LogP contribution >= 0.6 is 0 Å². The van der Waals surface area contributed by atoms with E-state index < -0.39 is 0 Å². The lowest BCUT2D eigenvalue weighted by Gasteiger charge is -2.28. The Hall–Kier alpha value is -1.71. The van der Waals surface area contributed by atoms with Gasteiger partial charge in [-0.3, -0.25) is 0 Å². The summed E-state index contributed by atoms with van der Waals surface area (Å²) in [7, 11) is 0. The highest BCUT2D eigenvalue weighted by atomic mass is 16.5. The number of ether oxygens (including phenoxy) is 2. The van der Waals surface area contributed by atoms with Crippen LogP contribution in [0.4, 0.5) is 0 Å². The highest BCUT2D eigenvalue weighted by Crippen LogP contribution is 2.35. The second-order valence-corrected chi connectivity index (χ2v) is 8.18. The largest absolute Gasteiger partial charge is 0.474 e. The van der Waals surface area contributed by atoms with Crippen LogP contribution in [0.5, 0.6) is 0 Å². The summed E-state index contributed by atoms with van der Waals surface area (Å²) in [5, 5.41) is 0. The summed E-state index contributed by atoms with van der Waals surface area (Å²) in [6, 6.07) is 1.17. The molecular formula is C23H35N2O2+. The van der Waals surface area contributed by atoms with Gasteiger partial charge in [0.1, 0.15) is 12.6 Å². The summed E-state index contributed by atoms with van der Waals surface area (Å²) in [6.45, 7) is 6.50. The Labute approximate surface area is 164 Å². The van der Waals surface area contributed by atoms with Crippen LogP contribution in [-0.4, -0.2) is 52.8 Å². The van der Waals surface area contributed by atoms with Crippen molar-refractivity contribution in [1.82, 2.24) is 4.90 Å². The van der Waals surface area contributed by atoms with Gasteiger partial charge in [-0.2, -0.15) is 4.58 Å². The first-order valence-electron chi connectivity index (χ1n) is 11.1. The van der Waals surface area contributed by atoms with E-state index in [9.17, 15) is 0 Å². The van der Waals surface area contributed by atoms with E-state index >= 15 is 0 Å². The highest BCUT2D eigenvalue weighted by molar-refractivity contribution is 5.84. The number of hydrogen-bond donors (Lipinski definition) is 0. The van der Waals surface area contributed by atoms with Crippen molar-refractivity contribution >= 4 is 5.90 Å². The van der Waals surface area contributed by atoms with Crippen LogP contribution < -0.4 is 0 Å². The Bertz CT molecular complexity index is 649. The van der Waals surface area contributed by atoms with Crippen LogP contribution in [0.15, 0.2) is 36.3 Å². The topological polar surface area (TPSA) is 24.7 Å². The normalized spacial score (nSPS) is 35.0. The fourth-order valence-corrected chi connectivity index (χ4v) is 5.31. The number of nitrogens with zero attached hydrogens (tertiary/aromatic N) is 2. The minimum Gasteiger partial charge on any atom is -0.474 e. The molecule has 3 fully saturated rings. The maximum absolute atomic E-state index is 6.22. The van der Waals surface area contributed by atoms with Gasteiger partial charge in [-0.25, -0.2) is 0 Å². The molecule has 27 heavy (non-hydrogen) atoms. The zero-order valence-electron chi connectivity index (χ0n) is 17.0. The Morgan fingerprint density at radius 2 is 1.70 bits per heavy atom. The lowest BCUT2D eigenvalue weighted by atomic mass is 9.92. The Balaban J connectivity index is 1.39. The monoisotopic (exact) mass is 371 g/mol. The van der Waals surface area contributed by atoms with E-state index in [4.69, 9.17) is 9.47 Å². The van der Waals surface area contributed by atoms with Gasteiger partial charge in [0, 0.05) is 19.0 Å². The van der Waals surface area contributed by atoms with Gasteiger partial charge in [-0.05, 0) is 58.4 Å². The first-order chi connectivity index (χ1) is 13.3. The molecule has 0 spiro atoms. The average Bonchev–Trinajstić information content (AvgIpc) is 3.24. The summed E-state index contributed by atoms with van der Waals surface area (Å²) in [5.41, 5.74) is 0. The lowest BCUT2D eigenvalue weighted by molar-refractivity contribution is -0.558. The predicted molar refractivity (Wildman–Crippen MR) is 109 cm³/mol. The maximum atomic E-state index is 6.22. The second kappa shape index (κ2) is 8.53. The van der Waals surface area contributed by atoms with Gasteiger partial charge < -0.3 is 14.4 Å². The van der Waals surface area contributed by atoms with Crippen molar-refractivity contribution in [2.75, 3.05) is 13.1 Å². The van der Waals surface area contributed by atoms with Crippen LogP contribution in [0, 0.1) is 0 Å². The summed E-state index contributed by atoms with van der Waals surface area (Å²) < 4.78 is 14.9. The van der Waals surface area contributed by atoms with Gasteiger partial charge in [0.05, 0.1) is 6.04 Å². The molecule has 4 heteroatoms. The van der Waals surface area contributed by atoms with E-state index in [-0.39, 0.29) is 0 Å². The van der Waals surface area contributed by atoms with E-state index in [1.807, 2.05) is 0 Å². The fourth-order valence-electron chi connectivity index (χ4n) is 5.31. The predicted octanol–water partition coefficient (Wildman–Crippen LogP) is 4.38. The fraction of sp³-hybridized carbons (Fsp3) is 0.696. The van der Waals surface area contributed by atoms with Crippen molar-refractivity contribution in [1.29, 1.82) is 0 Å². The zero-order valence-corrected chi connectivity index (χ0v) is 17.0. The Morgan fingerprint density at radius 3 is 2.52 bits per heavy atom. The molecular weight excluding hydrogens is 336 g/mol. The zero-order chi connectivity index (χ0) is 18.6. The minimum absolute atomic E-state index is 0.401. The van der Waals surface area contributed by atoms with Gasteiger partial charge in [-0.15, -0.1) is 0 Å². The molecule has 4 atom stereocenters. The van der Waals surface area contributed by atoms with Gasteiger partial charge in [0.15, 0.2) is 18.0 Å². The Morgan fingerprint density at radius 1 is 0.926 bits per heavy atom. The van der Waals surface area contributed by atoms with Gasteiger partial charge in [0.25, 0.3) is 0 Å². The number of likely N-dealkylation sites (N-methyl/N-ethyl adjacent to an activating group) is 2. The molecule has 2 aliphatic heterocycles. The van der Waals surface area contributed by atoms with Crippen LogP contribution in [0.2, 0.25) is 0 Å². The van der Waals surface area contributed by atoms with Crippen molar-refractivity contribution in [3.05, 3.63) is 36.3 Å². The molecule has 2 heterocycles. The molecule has 4 rings (SSSR count). The molecule has 0 aromatic carbocycles. The first-order valence-corrected chi connectivity index (χ1v) is 11.1. The smallest absolute Gasteiger partial charge is 0.363 e. The van der Waals surface area contributed by atoms with Crippen LogP contribution in [-0.2, 0) is 9.47 Å². The minimum atomic E-state index is 0.401. The second-order valence-electron chi connectivity index (χ2n) is 8.18. The van der Waals surface area contributed by atoms with E-state index in [2.05, 4.69) is 53.7 Å². The van der Waals surface area contributed by atoms with Crippen molar-refractivity contribution in [3.63, 3.8) is 0 Å². The van der Waals surface area contributed by atoms with Gasteiger partial charge in [0.2, 0.25) is 0 Å². The quantitative estimate of drug-likeness (QED) is 0.530. The standard InChI is InChI=1S/C23H35N2O2/c1-3-24-18-12-8-10-14-20(18)26-22(24)16-6-5-7-17-23-25(4-2)19-13-9-11-15-21(19)27-23/h5-7,16-21H,3-4,8-15H2,1-2H3/q+1. The van der Waals surface area contributed by atoms with Gasteiger partial charge >= 0.3 is 5.90 Å². The number of rotatable bonds is 5. The number of hydrogen-bond acceptors (Lipinski definition) is 3. The van der Waals surface area contributed by atoms with Crippen LogP contribution in [0.3, 0.4) is 0 Å². The molecule has 2 aliphatic carbocycles. The summed E-state index contributed by atoms with van der Waals surface area (Å²) in [6.07, 6.45) is 21.6. The molecule has 0 aromatic heterocycles. The molecule has 0 bridgehead atoms. The molecule has 4 nitrogen and oxygen atoms in total. The van der Waals surface area contributed by atoms with Crippen LogP contribution in [0.25, 0.3) is 0 Å². The molecule has 2 saturated carbocycles. The Kier molecular flexibility index (Phi) is 5.89. The van der Waals surface area contributed by atoms with E-state index in [1.165, 1.54) is 51.4 Å². The molecule has 148 valence electrons. The summed E-state index contributed by atoms with van der Waals surface area (Å²) in [5.74, 6) is 2.09. The van der Waals surface area contributed by atoms with Crippen LogP contribution in [0.1, 0.15) is 65.2 Å². The maximum Gasteiger partial charge on any atom is 0.363 e. The molecule has 4 unspecified atom stereocenters. The number of allylic oxidation sites excluding steroid dienone is 4. The summed E-state index contributed by atoms with van der Waals surface area (Å²) in [4.78, 5) is 2.44. The summed E-state index contributed by atoms with van der Waals surface area (Å²) >= 11 is 0. The van der Waals surface area contributed by atoms with Crippen molar-refractivity contribution < 1.29 is 14.0 Å². The lowest BCUT2D eigenvalue weighted by Crippen LogP contribution is -2.36. The van der Waals surface area contributed by atoms with E-state index in [0.717, 1.165) is 24.9 Å². The van der Waals surface area contributed by atoms with Crippen molar-refractivity contribution in [2.45, 2.75) is 89.5 Å². The molecule has 0 N–H and O–H groups in total. The van der Waals surface area contributed by atoms with Crippen molar-refractivity contribution in [3.8, 4) is 0 Å². The first kappa shape index (κ1) is 18.6. The average molecular weight is 372 g/mol. The van der Waals surface area contributed by atoms with E-state index in [1.54, 1.807) is 0 Å². The third kappa shape index (κ3) is 3.81. The van der Waals surface area contributed by atoms with Crippen molar-refractivity contribution in [2.24, 2.45) is 0 Å². The SMILES string of the molecule is CCN1/C(=C/C=C/C=C/C2=[N+](CC)C3CCCCC3O2)OC2CCCCC21. The molecule has 1 saturated heterocycles. The molecule has 0 radical (unpaired) electrons. The van der Waals surface area contributed by atoms with E-state index in [0.29, 0.717) is 24.3 Å². The molecule has 4 aliphatic rings. The number of fused-ring (bicyclic) bond motifs is 2. The molecule has 0 amide bonds. The third-order valence-corrected chi connectivity index (χ3v) is 6.63. The van der Waals surface area contributed by atoms with Gasteiger partial charge in [-0.1, -0.05) is 24.6 Å². The molecule has 0 aromatic rings. The highest BCUT2D eigenvalue weighted by Gasteiger charge is 2.43. The third-order valence-electron chi connectivity index (χ3n) is 6.63.